The number of benzene rings is 2. The zero-order valence-corrected chi connectivity index (χ0v) is 19.2. The fourth-order valence-corrected chi connectivity index (χ4v) is 3.26. The van der Waals surface area contributed by atoms with Gasteiger partial charge in [0.15, 0.2) is 0 Å². The molecule has 9 nitrogen and oxygen atoms in total. The van der Waals surface area contributed by atoms with Crippen LogP contribution in [-0.2, 0) is 11.3 Å². The van der Waals surface area contributed by atoms with E-state index in [1.165, 1.54) is 22.5 Å². The highest BCUT2D eigenvalue weighted by atomic mass is 16.2. The molecule has 2 aromatic carbocycles. The number of aryl methyl sites for hydroxylation is 3. The molecule has 0 atom stereocenters. The summed E-state index contributed by atoms with van der Waals surface area (Å²) in [7, 11) is 0. The van der Waals surface area contributed by atoms with E-state index in [1.807, 2.05) is 56.3 Å². The van der Waals surface area contributed by atoms with Crippen LogP contribution in [-0.4, -0.2) is 25.4 Å². The van der Waals surface area contributed by atoms with E-state index >= 15 is 0 Å². The first-order chi connectivity index (χ1) is 16.3. The second-order valence-corrected chi connectivity index (χ2v) is 7.92. The van der Waals surface area contributed by atoms with Gasteiger partial charge in [0.1, 0.15) is 24.0 Å². The fourth-order valence-electron chi connectivity index (χ4n) is 3.26. The van der Waals surface area contributed by atoms with Crippen LogP contribution in [0.5, 0.6) is 0 Å². The van der Waals surface area contributed by atoms with Crippen LogP contribution in [0.1, 0.15) is 17.1 Å². The molecule has 4 rings (SSSR count). The molecule has 0 saturated carbocycles. The van der Waals surface area contributed by atoms with Crippen molar-refractivity contribution in [3.05, 3.63) is 94.4 Å². The normalized spacial score (nSPS) is 10.6. The average molecular weight is 456 g/mol. The third kappa shape index (κ3) is 6.04. The molecule has 0 aliphatic carbocycles. The number of anilines is 5. The van der Waals surface area contributed by atoms with Gasteiger partial charge in [-0.3, -0.25) is 14.2 Å². The number of carbonyl (C=O) groups is 1. The maximum absolute atomic E-state index is 12.3. The molecule has 0 saturated heterocycles. The maximum Gasteiger partial charge on any atom is 0.253 e. The van der Waals surface area contributed by atoms with Crippen molar-refractivity contribution in [2.75, 3.05) is 16.0 Å². The molecule has 9 heteroatoms. The first-order valence-corrected chi connectivity index (χ1v) is 10.7. The van der Waals surface area contributed by atoms with Gasteiger partial charge >= 0.3 is 0 Å². The van der Waals surface area contributed by atoms with E-state index in [0.29, 0.717) is 28.8 Å². The van der Waals surface area contributed by atoms with E-state index in [1.54, 1.807) is 19.1 Å². The van der Waals surface area contributed by atoms with Gasteiger partial charge < -0.3 is 16.0 Å². The van der Waals surface area contributed by atoms with Crippen molar-refractivity contribution in [2.24, 2.45) is 0 Å². The van der Waals surface area contributed by atoms with Crippen LogP contribution in [0.3, 0.4) is 0 Å². The second-order valence-electron chi connectivity index (χ2n) is 7.92. The number of rotatable bonds is 7. The Morgan fingerprint density at radius 3 is 1.97 bits per heavy atom. The maximum atomic E-state index is 12.3. The number of nitrogens with zero attached hydrogens (tertiary/aromatic N) is 4. The van der Waals surface area contributed by atoms with E-state index < -0.39 is 0 Å². The van der Waals surface area contributed by atoms with Crippen LogP contribution in [0.25, 0.3) is 0 Å². The fraction of sp³-hybridized carbons (Fsp3) is 0.160. The van der Waals surface area contributed by atoms with Gasteiger partial charge in [-0.15, -0.1) is 0 Å². The summed E-state index contributed by atoms with van der Waals surface area (Å²) in [6, 6.07) is 18.5. The quantitative estimate of drug-likeness (QED) is 0.385. The summed E-state index contributed by atoms with van der Waals surface area (Å²) in [5, 5.41) is 9.33. The molecule has 0 aliphatic heterocycles. The Balaban J connectivity index is 1.39. The van der Waals surface area contributed by atoms with Crippen LogP contribution in [0.4, 0.5) is 28.7 Å². The highest BCUT2D eigenvalue weighted by molar-refractivity contribution is 5.90. The first-order valence-electron chi connectivity index (χ1n) is 10.7. The molecular weight excluding hydrogens is 430 g/mol. The van der Waals surface area contributed by atoms with Gasteiger partial charge in [-0.25, -0.2) is 15.0 Å². The SMILES string of the molecule is Cc1ccc(Nc2cc(Nc3ccc(NC(=O)Cn4cnc(C)cc4=O)cc3)nc(C)n2)cc1. The van der Waals surface area contributed by atoms with E-state index in [2.05, 4.69) is 30.9 Å². The third-order valence-electron chi connectivity index (χ3n) is 4.93. The van der Waals surface area contributed by atoms with Crippen molar-refractivity contribution in [1.82, 2.24) is 19.5 Å². The highest BCUT2D eigenvalue weighted by Gasteiger charge is 2.07. The van der Waals surface area contributed by atoms with Gasteiger partial charge in [-0.05, 0) is 57.2 Å². The molecule has 0 fully saturated rings. The molecule has 0 radical (unpaired) electrons. The zero-order valence-electron chi connectivity index (χ0n) is 19.2. The Labute approximate surface area is 196 Å². The van der Waals surface area contributed by atoms with E-state index in [-0.39, 0.29) is 18.0 Å². The van der Waals surface area contributed by atoms with Crippen molar-refractivity contribution < 1.29 is 4.79 Å². The minimum Gasteiger partial charge on any atom is -0.340 e. The molecule has 34 heavy (non-hydrogen) atoms. The Morgan fingerprint density at radius 1 is 0.824 bits per heavy atom. The summed E-state index contributed by atoms with van der Waals surface area (Å²) in [4.78, 5) is 37.2. The van der Waals surface area contributed by atoms with Gasteiger partial charge in [-0.1, -0.05) is 17.7 Å². The summed E-state index contributed by atoms with van der Waals surface area (Å²) >= 11 is 0. The number of hydrogen-bond donors (Lipinski definition) is 3. The molecule has 0 unspecified atom stereocenters. The molecule has 2 aromatic heterocycles. The van der Waals surface area contributed by atoms with Crippen molar-refractivity contribution in [3.63, 3.8) is 0 Å². The van der Waals surface area contributed by atoms with Crippen LogP contribution in [0.15, 0.2) is 71.8 Å². The van der Waals surface area contributed by atoms with Crippen molar-refractivity contribution in [2.45, 2.75) is 27.3 Å². The number of aromatic nitrogens is 4. The summed E-state index contributed by atoms with van der Waals surface area (Å²) in [6.45, 7) is 5.49. The van der Waals surface area contributed by atoms with Crippen LogP contribution in [0, 0.1) is 20.8 Å². The lowest BCUT2D eigenvalue weighted by Crippen LogP contribution is -2.27. The van der Waals surface area contributed by atoms with Crippen LogP contribution >= 0.6 is 0 Å². The summed E-state index contributed by atoms with van der Waals surface area (Å²) in [5.74, 6) is 1.64. The highest BCUT2D eigenvalue weighted by Crippen LogP contribution is 2.22. The van der Waals surface area contributed by atoms with Gasteiger partial charge in [0.2, 0.25) is 5.91 Å². The lowest BCUT2D eigenvalue weighted by molar-refractivity contribution is -0.116. The number of amides is 1. The minimum absolute atomic E-state index is 0.108. The van der Waals surface area contributed by atoms with Gasteiger partial charge in [-0.2, -0.15) is 0 Å². The largest absolute Gasteiger partial charge is 0.340 e. The predicted molar refractivity (Wildman–Crippen MR) is 133 cm³/mol. The molecule has 4 aromatic rings. The lowest BCUT2D eigenvalue weighted by atomic mass is 10.2. The first kappa shape index (κ1) is 22.7. The van der Waals surface area contributed by atoms with Gasteiger partial charge in [0.05, 0.1) is 6.33 Å². The topological polar surface area (TPSA) is 114 Å². The Morgan fingerprint density at radius 2 is 1.38 bits per heavy atom. The van der Waals surface area contributed by atoms with Crippen LogP contribution in [0.2, 0.25) is 0 Å². The monoisotopic (exact) mass is 455 g/mol. The standard InChI is InChI=1S/C25H25N7O2/c1-16-4-6-19(7-5-16)29-22-13-23(28-18(3)27-22)30-20-8-10-21(11-9-20)31-24(33)14-32-15-26-17(2)12-25(32)34/h4-13,15H,14H2,1-3H3,(H,31,33)(H2,27,28,29,30). The number of carbonyl (C=O) groups excluding carboxylic acids is 1. The minimum atomic E-state index is -0.313. The summed E-state index contributed by atoms with van der Waals surface area (Å²) in [5.41, 5.74) is 3.90. The summed E-state index contributed by atoms with van der Waals surface area (Å²) in [6.07, 6.45) is 1.37. The van der Waals surface area contributed by atoms with E-state index in [9.17, 15) is 9.59 Å². The van der Waals surface area contributed by atoms with Crippen molar-refractivity contribution >= 4 is 34.6 Å². The van der Waals surface area contributed by atoms with Gasteiger partial charge in [0, 0.05) is 34.9 Å². The Bertz CT molecular complexity index is 1360. The molecule has 0 spiro atoms. The average Bonchev–Trinajstić information content (AvgIpc) is 2.78. The van der Waals surface area contributed by atoms with Crippen molar-refractivity contribution in [3.8, 4) is 0 Å². The molecule has 1 amide bonds. The molecule has 3 N–H and O–H groups in total. The van der Waals surface area contributed by atoms with E-state index in [0.717, 1.165) is 11.4 Å². The second kappa shape index (κ2) is 9.95. The Kier molecular flexibility index (Phi) is 6.63. The molecule has 0 bridgehead atoms. The van der Waals surface area contributed by atoms with Crippen molar-refractivity contribution in [1.29, 1.82) is 0 Å². The smallest absolute Gasteiger partial charge is 0.253 e. The molecule has 2 heterocycles. The summed E-state index contributed by atoms with van der Waals surface area (Å²) < 4.78 is 1.26. The Hall–Kier alpha value is -4.53. The predicted octanol–water partition coefficient (Wildman–Crippen LogP) is 4.08. The van der Waals surface area contributed by atoms with Crippen LogP contribution < -0.4 is 21.5 Å². The number of nitrogens with one attached hydrogen (secondary N) is 3. The molecule has 0 aliphatic rings. The lowest BCUT2D eigenvalue weighted by Gasteiger charge is -2.11. The number of hydrogen-bond acceptors (Lipinski definition) is 7. The van der Waals surface area contributed by atoms with Gasteiger partial charge in [0.25, 0.3) is 5.56 Å². The van der Waals surface area contributed by atoms with E-state index in [4.69, 9.17) is 0 Å². The zero-order chi connectivity index (χ0) is 24.1. The molecule has 172 valence electrons. The third-order valence-corrected chi connectivity index (χ3v) is 4.93. The molecular formula is C25H25N7O2.